The second kappa shape index (κ2) is 14.0. The Morgan fingerprint density at radius 2 is 1.70 bits per heavy atom. The SMILES string of the molecule is CCC(C(=O)NCC(C)C)N(Cc1ccc(Cl)cc1Cl)C(=O)CCCN(c1ccc(C)cc1)S(C)(=O)=O. The number of anilines is 1. The molecule has 37 heavy (non-hydrogen) atoms. The first-order valence-electron chi connectivity index (χ1n) is 12.4. The van der Waals surface area contributed by atoms with E-state index >= 15 is 0 Å². The van der Waals surface area contributed by atoms with Gasteiger partial charge in [-0.3, -0.25) is 13.9 Å². The minimum atomic E-state index is -3.54. The molecule has 0 radical (unpaired) electrons. The second-order valence-corrected chi connectivity index (χ2v) is 12.3. The van der Waals surface area contributed by atoms with Gasteiger partial charge in [-0.2, -0.15) is 0 Å². The highest BCUT2D eigenvalue weighted by atomic mass is 35.5. The molecule has 0 saturated heterocycles. The summed E-state index contributed by atoms with van der Waals surface area (Å²) in [5.74, 6) is -0.220. The molecule has 7 nitrogen and oxygen atoms in total. The van der Waals surface area contributed by atoms with Crippen LogP contribution in [0.25, 0.3) is 0 Å². The predicted octanol–water partition coefficient (Wildman–Crippen LogP) is 5.43. The van der Waals surface area contributed by atoms with Crippen molar-refractivity contribution in [3.8, 4) is 0 Å². The van der Waals surface area contributed by atoms with Crippen molar-refractivity contribution in [2.45, 2.75) is 59.5 Å². The van der Waals surface area contributed by atoms with Crippen molar-refractivity contribution in [2.24, 2.45) is 5.92 Å². The van der Waals surface area contributed by atoms with Gasteiger partial charge in [-0.05, 0) is 55.5 Å². The molecular weight excluding hydrogens is 533 g/mol. The van der Waals surface area contributed by atoms with Gasteiger partial charge in [0.25, 0.3) is 0 Å². The van der Waals surface area contributed by atoms with E-state index in [1.807, 2.05) is 39.8 Å². The molecule has 0 aliphatic carbocycles. The standard InChI is InChI=1S/C27H37Cl2N3O4S/c1-6-25(27(34)30-17-19(2)3)31(18-21-11-12-22(28)16-24(21)29)26(33)8-7-15-32(37(5,35)36)23-13-9-20(4)10-14-23/h9-14,16,19,25H,6-8,15,17-18H2,1-5H3,(H,30,34). The molecule has 1 atom stereocenters. The maximum Gasteiger partial charge on any atom is 0.242 e. The molecule has 0 fully saturated rings. The molecule has 0 saturated carbocycles. The number of nitrogens with zero attached hydrogens (tertiary/aromatic N) is 2. The predicted molar refractivity (Wildman–Crippen MR) is 152 cm³/mol. The van der Waals surface area contributed by atoms with E-state index in [4.69, 9.17) is 23.2 Å². The maximum atomic E-state index is 13.5. The third-order valence-electron chi connectivity index (χ3n) is 5.90. The maximum absolute atomic E-state index is 13.5. The Morgan fingerprint density at radius 1 is 1.05 bits per heavy atom. The van der Waals surface area contributed by atoms with Gasteiger partial charge in [0.2, 0.25) is 21.8 Å². The van der Waals surface area contributed by atoms with Gasteiger partial charge in [0.05, 0.1) is 11.9 Å². The summed E-state index contributed by atoms with van der Waals surface area (Å²) in [5, 5.41) is 3.81. The Hall–Kier alpha value is -2.29. The lowest BCUT2D eigenvalue weighted by atomic mass is 10.1. The van der Waals surface area contributed by atoms with Gasteiger partial charge in [-0.15, -0.1) is 0 Å². The monoisotopic (exact) mass is 569 g/mol. The second-order valence-electron chi connectivity index (χ2n) is 9.59. The van der Waals surface area contributed by atoms with E-state index in [9.17, 15) is 18.0 Å². The van der Waals surface area contributed by atoms with Crippen LogP contribution in [0, 0.1) is 12.8 Å². The van der Waals surface area contributed by atoms with E-state index in [0.29, 0.717) is 34.3 Å². The summed E-state index contributed by atoms with van der Waals surface area (Å²) in [7, 11) is -3.54. The molecular formula is C27H37Cl2N3O4S. The molecule has 2 amide bonds. The van der Waals surface area contributed by atoms with Crippen molar-refractivity contribution < 1.29 is 18.0 Å². The van der Waals surface area contributed by atoms with Gasteiger partial charge in [-0.25, -0.2) is 8.42 Å². The number of hydrogen-bond acceptors (Lipinski definition) is 4. The highest BCUT2D eigenvalue weighted by Gasteiger charge is 2.29. The summed E-state index contributed by atoms with van der Waals surface area (Å²) in [6.07, 6.45) is 1.92. The number of carbonyl (C=O) groups is 2. The van der Waals surface area contributed by atoms with Crippen molar-refractivity contribution in [3.63, 3.8) is 0 Å². The third kappa shape index (κ3) is 9.51. The third-order valence-corrected chi connectivity index (χ3v) is 7.68. The Morgan fingerprint density at radius 3 is 2.24 bits per heavy atom. The van der Waals surface area contributed by atoms with Crippen LogP contribution in [-0.4, -0.2) is 50.5 Å². The molecule has 2 aromatic carbocycles. The van der Waals surface area contributed by atoms with Gasteiger partial charge in [0.1, 0.15) is 6.04 Å². The average Bonchev–Trinajstić information content (AvgIpc) is 2.81. The van der Waals surface area contributed by atoms with Crippen LogP contribution in [0.2, 0.25) is 10.0 Å². The van der Waals surface area contributed by atoms with Crippen LogP contribution < -0.4 is 9.62 Å². The molecule has 0 aromatic heterocycles. The molecule has 2 rings (SSSR count). The Balaban J connectivity index is 2.24. The number of hydrogen-bond donors (Lipinski definition) is 1. The Kier molecular flexibility index (Phi) is 11.7. The summed E-state index contributed by atoms with van der Waals surface area (Å²) in [6.45, 7) is 8.55. The smallest absolute Gasteiger partial charge is 0.242 e. The van der Waals surface area contributed by atoms with Gasteiger partial charge < -0.3 is 10.2 Å². The quantitative estimate of drug-likeness (QED) is 0.348. The molecule has 0 aliphatic heterocycles. The summed E-state index contributed by atoms with van der Waals surface area (Å²) in [6, 6.07) is 11.5. The van der Waals surface area contributed by atoms with Crippen LogP contribution in [0.3, 0.4) is 0 Å². The summed E-state index contributed by atoms with van der Waals surface area (Å²) >= 11 is 12.4. The first kappa shape index (κ1) is 30.9. The van der Waals surface area contributed by atoms with Gasteiger partial charge in [-0.1, -0.05) is 67.7 Å². The molecule has 10 heteroatoms. The Bertz CT molecular complexity index is 1170. The minimum Gasteiger partial charge on any atom is -0.354 e. The van der Waals surface area contributed by atoms with Crippen LogP contribution in [0.15, 0.2) is 42.5 Å². The first-order valence-corrected chi connectivity index (χ1v) is 15.0. The van der Waals surface area contributed by atoms with E-state index in [-0.39, 0.29) is 43.7 Å². The zero-order valence-corrected chi connectivity index (χ0v) is 24.5. The van der Waals surface area contributed by atoms with Gasteiger partial charge in [0.15, 0.2) is 0 Å². The molecule has 0 bridgehead atoms. The van der Waals surface area contributed by atoms with Crippen molar-refractivity contribution in [1.82, 2.24) is 10.2 Å². The van der Waals surface area contributed by atoms with E-state index in [0.717, 1.165) is 11.8 Å². The van der Waals surface area contributed by atoms with Gasteiger partial charge >= 0.3 is 0 Å². The van der Waals surface area contributed by atoms with Crippen molar-refractivity contribution >= 4 is 50.7 Å². The number of benzene rings is 2. The zero-order chi connectivity index (χ0) is 27.8. The lowest BCUT2D eigenvalue weighted by Gasteiger charge is -2.31. The average molecular weight is 571 g/mol. The zero-order valence-electron chi connectivity index (χ0n) is 22.1. The highest BCUT2D eigenvalue weighted by molar-refractivity contribution is 7.92. The Labute approximate surface area is 231 Å². The van der Waals surface area contributed by atoms with Crippen LogP contribution >= 0.6 is 23.2 Å². The molecule has 0 aliphatic rings. The number of rotatable bonds is 13. The fourth-order valence-corrected chi connectivity index (χ4v) is 5.32. The summed E-state index contributed by atoms with van der Waals surface area (Å²) in [4.78, 5) is 28.1. The van der Waals surface area contributed by atoms with Crippen molar-refractivity contribution in [1.29, 1.82) is 0 Å². The van der Waals surface area contributed by atoms with E-state index in [2.05, 4.69) is 5.32 Å². The van der Waals surface area contributed by atoms with Crippen molar-refractivity contribution in [2.75, 3.05) is 23.7 Å². The molecule has 1 N–H and O–H groups in total. The summed E-state index contributed by atoms with van der Waals surface area (Å²) < 4.78 is 26.2. The largest absolute Gasteiger partial charge is 0.354 e. The molecule has 2 aromatic rings. The first-order chi connectivity index (χ1) is 17.3. The number of carbonyl (C=O) groups excluding carboxylic acids is 2. The van der Waals surface area contributed by atoms with Crippen LogP contribution in [0.1, 0.15) is 51.2 Å². The molecule has 0 heterocycles. The molecule has 1 unspecified atom stereocenters. The van der Waals surface area contributed by atoms with Crippen LogP contribution in [0.4, 0.5) is 5.69 Å². The van der Waals surface area contributed by atoms with Crippen LogP contribution in [-0.2, 0) is 26.2 Å². The lowest BCUT2D eigenvalue weighted by molar-refractivity contribution is -0.141. The number of aryl methyl sites for hydroxylation is 1. The number of halogens is 2. The van der Waals surface area contributed by atoms with Crippen molar-refractivity contribution in [3.05, 3.63) is 63.6 Å². The number of nitrogens with one attached hydrogen (secondary N) is 1. The van der Waals surface area contributed by atoms with Crippen LogP contribution in [0.5, 0.6) is 0 Å². The van der Waals surface area contributed by atoms with E-state index in [1.165, 1.54) is 9.21 Å². The number of amides is 2. The molecule has 0 spiro atoms. The topological polar surface area (TPSA) is 86.8 Å². The van der Waals surface area contributed by atoms with E-state index in [1.54, 1.807) is 30.3 Å². The lowest BCUT2D eigenvalue weighted by Crippen LogP contribution is -2.49. The fraction of sp³-hybridized carbons (Fsp3) is 0.481. The fourth-order valence-electron chi connectivity index (χ4n) is 3.89. The number of sulfonamides is 1. The van der Waals surface area contributed by atoms with Gasteiger partial charge in [0, 0.05) is 36.1 Å². The normalized spacial score (nSPS) is 12.3. The highest BCUT2D eigenvalue weighted by Crippen LogP contribution is 2.25. The minimum absolute atomic E-state index is 0.0665. The molecule has 204 valence electrons. The summed E-state index contributed by atoms with van der Waals surface area (Å²) in [5.41, 5.74) is 2.24. The van der Waals surface area contributed by atoms with E-state index < -0.39 is 16.1 Å².